The van der Waals surface area contributed by atoms with Gasteiger partial charge in [-0.15, -0.1) is 3.89 Å². The molecule has 12 heavy (non-hydrogen) atoms. The highest BCUT2D eigenvalue weighted by Gasteiger charge is 2.07. The highest BCUT2D eigenvalue weighted by molar-refractivity contribution is 7.89. The fourth-order valence-electron chi connectivity index (χ4n) is 1.23. The van der Waals surface area contributed by atoms with Crippen molar-refractivity contribution in [3.8, 4) is 0 Å². The molecule has 0 aliphatic carbocycles. The molecule has 1 saturated heterocycles. The van der Waals surface area contributed by atoms with E-state index in [0.29, 0.717) is 5.41 Å². The summed E-state index contributed by atoms with van der Waals surface area (Å²) in [6, 6.07) is 0. The fourth-order valence-corrected chi connectivity index (χ4v) is 1.54. The molecule has 1 aliphatic heterocycles. The summed E-state index contributed by atoms with van der Waals surface area (Å²) < 4.78 is 32.2. The quantitative estimate of drug-likeness (QED) is 0.619. The monoisotopic (exact) mass is 193 g/mol. The topological polar surface area (TPSA) is 37.4 Å². The van der Waals surface area contributed by atoms with Crippen LogP contribution >= 0.6 is 0 Å². The summed E-state index contributed by atoms with van der Waals surface area (Å²) in [7, 11) is -4.45. The van der Waals surface area contributed by atoms with E-state index in [4.69, 9.17) is 0 Å². The summed E-state index contributed by atoms with van der Waals surface area (Å²) in [5.41, 5.74) is 0. The summed E-state index contributed by atoms with van der Waals surface area (Å²) in [5.74, 6) is 0. The van der Waals surface area contributed by atoms with Crippen LogP contribution < -0.4 is 0 Å². The lowest BCUT2D eigenvalue weighted by Gasteiger charge is -2.24. The molecule has 0 amide bonds. The maximum Gasteiger partial charge on any atom is 0.326 e. The van der Waals surface area contributed by atoms with E-state index in [2.05, 4.69) is 0 Å². The van der Waals surface area contributed by atoms with E-state index < -0.39 is 10.2 Å². The Labute approximate surface area is 72.1 Å². The number of hydrogen-bond acceptors (Lipinski definition) is 3. The van der Waals surface area contributed by atoms with Gasteiger partial charge in [0, 0.05) is 19.3 Å². The zero-order chi connectivity index (χ0) is 9.03. The van der Waals surface area contributed by atoms with Crippen LogP contribution in [0.3, 0.4) is 0 Å². The minimum absolute atomic E-state index is 0.609. The summed E-state index contributed by atoms with van der Waals surface area (Å²) in [5, 5.41) is 0.609. The smallest absolute Gasteiger partial charge is 0.326 e. The predicted octanol–water partition coefficient (Wildman–Crippen LogP) is 1.24. The van der Waals surface area contributed by atoms with Gasteiger partial charge >= 0.3 is 10.2 Å². The molecule has 1 heterocycles. The van der Waals surface area contributed by atoms with E-state index in [-0.39, 0.29) is 0 Å². The summed E-state index contributed by atoms with van der Waals surface area (Å²) in [6.07, 6.45) is 4.59. The molecule has 0 aromatic rings. The highest BCUT2D eigenvalue weighted by atomic mass is 32.3. The van der Waals surface area contributed by atoms with Gasteiger partial charge in [0.25, 0.3) is 0 Å². The molecule has 5 heteroatoms. The third-order valence-corrected chi connectivity index (χ3v) is 2.27. The van der Waals surface area contributed by atoms with Crippen LogP contribution in [-0.2, 0) is 10.2 Å². The molecule has 0 spiro atoms. The van der Waals surface area contributed by atoms with Crippen LogP contribution in [0.1, 0.15) is 19.3 Å². The number of hydrogen-bond donors (Lipinski definition) is 0. The van der Waals surface area contributed by atoms with Gasteiger partial charge < -0.3 is 4.90 Å². The normalized spacial score (nSPS) is 20.2. The van der Waals surface area contributed by atoms with Crippen molar-refractivity contribution in [3.63, 3.8) is 0 Å². The van der Waals surface area contributed by atoms with E-state index in [1.807, 2.05) is 4.90 Å². The fraction of sp³-hybridized carbons (Fsp3) is 0.714. The maximum absolute atomic E-state index is 12.0. The lowest BCUT2D eigenvalue weighted by Crippen LogP contribution is -2.24. The van der Waals surface area contributed by atoms with Gasteiger partial charge in [-0.3, -0.25) is 0 Å². The van der Waals surface area contributed by atoms with Gasteiger partial charge in [-0.1, -0.05) is 0 Å². The molecule has 0 aromatic carbocycles. The first-order valence-corrected chi connectivity index (χ1v) is 5.39. The number of likely N-dealkylation sites (tertiary alicyclic amines) is 1. The standard InChI is InChI=1S/C7H12FNO2S/c8-12(10,11)7-6-9-4-2-1-3-5-9/h6-7H,1-5H2/b7-6+. The van der Waals surface area contributed by atoms with Crippen molar-refractivity contribution in [1.29, 1.82) is 0 Å². The van der Waals surface area contributed by atoms with Gasteiger partial charge in [-0.25, -0.2) is 0 Å². The summed E-state index contributed by atoms with van der Waals surface area (Å²) in [6.45, 7) is 1.65. The van der Waals surface area contributed by atoms with Gasteiger partial charge in [-0.05, 0) is 19.3 Å². The molecule has 1 rings (SSSR count). The number of nitrogens with zero attached hydrogens (tertiary/aromatic N) is 1. The van der Waals surface area contributed by atoms with Crippen LogP contribution in [0.25, 0.3) is 0 Å². The van der Waals surface area contributed by atoms with Gasteiger partial charge in [0.2, 0.25) is 0 Å². The van der Waals surface area contributed by atoms with Crippen molar-refractivity contribution < 1.29 is 12.3 Å². The molecule has 0 N–H and O–H groups in total. The summed E-state index contributed by atoms with van der Waals surface area (Å²) in [4.78, 5) is 1.82. The lowest BCUT2D eigenvalue weighted by molar-refractivity contribution is 0.309. The van der Waals surface area contributed by atoms with Crippen LogP contribution in [0, 0.1) is 0 Å². The van der Waals surface area contributed by atoms with Crippen LogP contribution in [0.15, 0.2) is 11.6 Å². The molecule has 0 unspecified atom stereocenters. The minimum Gasteiger partial charge on any atom is -0.377 e. The number of piperidine rings is 1. The SMILES string of the molecule is O=S(=O)(F)/C=C/N1CCCCC1. The third-order valence-electron chi connectivity index (χ3n) is 1.82. The van der Waals surface area contributed by atoms with Crippen molar-refractivity contribution >= 4 is 10.2 Å². The predicted molar refractivity (Wildman–Crippen MR) is 44.6 cm³/mol. The van der Waals surface area contributed by atoms with Gasteiger partial charge in [0.15, 0.2) is 0 Å². The van der Waals surface area contributed by atoms with Gasteiger partial charge in [0.05, 0.1) is 5.41 Å². The van der Waals surface area contributed by atoms with Crippen LogP contribution in [0.2, 0.25) is 0 Å². The van der Waals surface area contributed by atoms with E-state index in [9.17, 15) is 12.3 Å². The Hall–Kier alpha value is -0.580. The average Bonchev–Trinajstić information content (AvgIpc) is 2.02. The third kappa shape index (κ3) is 3.71. The molecule has 0 saturated carbocycles. The van der Waals surface area contributed by atoms with E-state index in [1.54, 1.807) is 0 Å². The molecular weight excluding hydrogens is 181 g/mol. The zero-order valence-electron chi connectivity index (χ0n) is 6.74. The van der Waals surface area contributed by atoms with Crippen molar-refractivity contribution in [1.82, 2.24) is 4.90 Å². The molecule has 0 aromatic heterocycles. The first-order valence-electron chi connectivity index (χ1n) is 3.95. The first-order chi connectivity index (χ1) is 5.58. The Balaban J connectivity index is 2.44. The van der Waals surface area contributed by atoms with Gasteiger partial charge in [0.1, 0.15) is 0 Å². The Morgan fingerprint density at radius 2 is 1.75 bits per heavy atom. The van der Waals surface area contributed by atoms with Crippen LogP contribution in [0.4, 0.5) is 3.89 Å². The second kappa shape index (κ2) is 3.89. The van der Waals surface area contributed by atoms with E-state index in [0.717, 1.165) is 25.9 Å². The Bertz CT molecular complexity index is 255. The largest absolute Gasteiger partial charge is 0.377 e. The Morgan fingerprint density at radius 1 is 1.17 bits per heavy atom. The highest BCUT2D eigenvalue weighted by Crippen LogP contribution is 2.09. The van der Waals surface area contributed by atoms with Crippen molar-refractivity contribution in [2.24, 2.45) is 0 Å². The summed E-state index contributed by atoms with van der Waals surface area (Å²) >= 11 is 0. The van der Waals surface area contributed by atoms with Crippen LogP contribution in [0.5, 0.6) is 0 Å². The molecular formula is C7H12FNO2S. The first kappa shape index (κ1) is 9.51. The molecule has 1 aliphatic rings. The average molecular weight is 193 g/mol. The molecule has 70 valence electrons. The van der Waals surface area contributed by atoms with Crippen molar-refractivity contribution in [2.45, 2.75) is 19.3 Å². The van der Waals surface area contributed by atoms with Crippen LogP contribution in [-0.4, -0.2) is 26.4 Å². The lowest BCUT2D eigenvalue weighted by atomic mass is 10.1. The molecule has 1 fully saturated rings. The maximum atomic E-state index is 12.0. The molecule has 0 radical (unpaired) electrons. The van der Waals surface area contributed by atoms with Gasteiger partial charge in [-0.2, -0.15) is 8.42 Å². The van der Waals surface area contributed by atoms with Crippen molar-refractivity contribution in [3.05, 3.63) is 11.6 Å². The minimum atomic E-state index is -4.45. The number of halogens is 1. The Kier molecular flexibility index (Phi) is 3.08. The second-order valence-corrected chi connectivity index (χ2v) is 4.08. The number of rotatable bonds is 2. The molecule has 0 atom stereocenters. The zero-order valence-corrected chi connectivity index (χ0v) is 7.56. The van der Waals surface area contributed by atoms with Crippen molar-refractivity contribution in [2.75, 3.05) is 13.1 Å². The van der Waals surface area contributed by atoms with E-state index in [1.165, 1.54) is 12.6 Å². The Morgan fingerprint density at radius 3 is 2.25 bits per heavy atom. The molecule has 3 nitrogen and oxygen atoms in total. The van der Waals surface area contributed by atoms with E-state index >= 15 is 0 Å². The second-order valence-electron chi connectivity index (χ2n) is 2.86. The molecule has 0 bridgehead atoms.